The summed E-state index contributed by atoms with van der Waals surface area (Å²) >= 11 is 0. The van der Waals surface area contributed by atoms with E-state index in [1.54, 1.807) is 94.6 Å². The second-order valence-corrected chi connectivity index (χ2v) is 8.78. The van der Waals surface area contributed by atoms with Crippen molar-refractivity contribution in [3.05, 3.63) is 108 Å². The second-order valence-electron chi connectivity index (χ2n) is 8.78. The lowest BCUT2D eigenvalue weighted by Gasteiger charge is -2.14. The van der Waals surface area contributed by atoms with Crippen LogP contribution in [0.2, 0.25) is 0 Å². The quantitative estimate of drug-likeness (QED) is 0.119. The number of rotatable bonds is 10. The highest BCUT2D eigenvalue weighted by Gasteiger charge is 2.15. The van der Waals surface area contributed by atoms with Crippen LogP contribution in [-0.2, 0) is 14.4 Å². The molecule has 0 bridgehead atoms. The zero-order valence-electron chi connectivity index (χ0n) is 22.9. The van der Waals surface area contributed by atoms with Crippen LogP contribution in [0.5, 0.6) is 23.0 Å². The molecule has 0 radical (unpaired) electrons. The molecule has 7 heteroatoms. The van der Waals surface area contributed by atoms with Gasteiger partial charge in [-0.15, -0.1) is 0 Å². The van der Waals surface area contributed by atoms with Gasteiger partial charge in [0.15, 0.2) is 0 Å². The van der Waals surface area contributed by atoms with Crippen molar-refractivity contribution in [2.75, 3.05) is 7.11 Å². The first-order valence-electron chi connectivity index (χ1n) is 12.3. The Bertz CT molecular complexity index is 1490. The van der Waals surface area contributed by atoms with Crippen LogP contribution >= 0.6 is 0 Å². The summed E-state index contributed by atoms with van der Waals surface area (Å²) in [5.41, 5.74) is 3.43. The van der Waals surface area contributed by atoms with Gasteiger partial charge >= 0.3 is 17.9 Å². The van der Waals surface area contributed by atoms with Crippen molar-refractivity contribution >= 4 is 30.1 Å². The molecule has 0 unspecified atom stereocenters. The van der Waals surface area contributed by atoms with E-state index >= 15 is 0 Å². The monoisotopic (exact) mass is 538 g/mol. The molecule has 204 valence electrons. The summed E-state index contributed by atoms with van der Waals surface area (Å²) < 4.78 is 21.8. The molecule has 3 aromatic carbocycles. The first-order valence-corrected chi connectivity index (χ1v) is 12.3. The minimum Gasteiger partial charge on any atom is -0.496 e. The number of carbonyl (C=O) groups is 3. The molecule has 3 aromatic rings. The molecule has 0 amide bonds. The Morgan fingerprint density at radius 3 is 1.77 bits per heavy atom. The Kier molecular flexibility index (Phi) is 9.97. The first-order chi connectivity index (χ1) is 19.1. The average Bonchev–Trinajstić information content (AvgIpc) is 2.93. The summed E-state index contributed by atoms with van der Waals surface area (Å²) in [5.74, 6) is 0.0846. The highest BCUT2D eigenvalue weighted by molar-refractivity contribution is 5.90. The van der Waals surface area contributed by atoms with Crippen molar-refractivity contribution in [2.24, 2.45) is 0 Å². The fraction of sp³-hybridized carbons (Fsp3) is 0.121. The number of benzene rings is 3. The number of allylic oxidation sites excluding steroid dienone is 1. The molecule has 0 spiro atoms. The lowest BCUT2D eigenvalue weighted by atomic mass is 10.0. The van der Waals surface area contributed by atoms with Gasteiger partial charge in [0.1, 0.15) is 23.0 Å². The van der Waals surface area contributed by atoms with Crippen LogP contribution in [0.1, 0.15) is 31.9 Å². The van der Waals surface area contributed by atoms with Gasteiger partial charge in [0.05, 0.1) is 7.11 Å². The van der Waals surface area contributed by atoms with Gasteiger partial charge < -0.3 is 18.9 Å². The Morgan fingerprint density at radius 1 is 0.725 bits per heavy atom. The van der Waals surface area contributed by atoms with Gasteiger partial charge in [0.25, 0.3) is 0 Å². The number of hydrogen-bond acceptors (Lipinski definition) is 7. The Labute approximate surface area is 233 Å². The SMILES string of the molecule is C=C(C)C(=O)Oc1ccc(/C=C/c2cc(OC(=O)/C=C/C)c(-c3ccc(OC(=O)C(=C)C)cc3)cc2OC)cc1. The van der Waals surface area contributed by atoms with Gasteiger partial charge in [-0.2, -0.15) is 0 Å². The number of esters is 3. The van der Waals surface area contributed by atoms with Crippen LogP contribution in [0.3, 0.4) is 0 Å². The van der Waals surface area contributed by atoms with Gasteiger partial charge in [-0.1, -0.05) is 55.7 Å². The molecule has 0 saturated heterocycles. The van der Waals surface area contributed by atoms with Gasteiger partial charge in [-0.05, 0) is 68.3 Å². The van der Waals surface area contributed by atoms with E-state index < -0.39 is 17.9 Å². The van der Waals surface area contributed by atoms with Gasteiger partial charge in [-0.25, -0.2) is 14.4 Å². The van der Waals surface area contributed by atoms with Crippen LogP contribution in [0.4, 0.5) is 0 Å². The topological polar surface area (TPSA) is 88.1 Å². The third kappa shape index (κ3) is 7.91. The molecular weight excluding hydrogens is 508 g/mol. The summed E-state index contributed by atoms with van der Waals surface area (Å²) in [4.78, 5) is 35.9. The third-order valence-corrected chi connectivity index (χ3v) is 5.46. The predicted octanol–water partition coefficient (Wildman–Crippen LogP) is 6.98. The highest BCUT2D eigenvalue weighted by atomic mass is 16.5. The molecule has 7 nitrogen and oxygen atoms in total. The summed E-state index contributed by atoms with van der Waals surface area (Å²) in [5, 5.41) is 0. The molecule has 0 aliphatic carbocycles. The van der Waals surface area contributed by atoms with Crippen LogP contribution in [-0.4, -0.2) is 25.0 Å². The lowest BCUT2D eigenvalue weighted by molar-refractivity contribution is -0.130. The van der Waals surface area contributed by atoms with Crippen molar-refractivity contribution in [3.8, 4) is 34.1 Å². The maximum Gasteiger partial charge on any atom is 0.338 e. The molecule has 0 N–H and O–H groups in total. The first kappa shape index (κ1) is 29.4. The van der Waals surface area contributed by atoms with Crippen LogP contribution in [0, 0.1) is 0 Å². The van der Waals surface area contributed by atoms with E-state index in [1.165, 1.54) is 6.08 Å². The van der Waals surface area contributed by atoms with Gasteiger partial charge in [0.2, 0.25) is 0 Å². The Morgan fingerprint density at radius 2 is 1.27 bits per heavy atom. The minimum absolute atomic E-state index is 0.290. The summed E-state index contributed by atoms with van der Waals surface area (Å²) in [6, 6.07) is 17.2. The van der Waals surface area contributed by atoms with E-state index in [0.29, 0.717) is 45.3 Å². The Hall–Kier alpha value is -5.17. The molecule has 0 aliphatic rings. The van der Waals surface area contributed by atoms with Gasteiger partial charge in [-0.3, -0.25) is 0 Å². The fourth-order valence-electron chi connectivity index (χ4n) is 3.40. The zero-order valence-corrected chi connectivity index (χ0v) is 22.9. The van der Waals surface area contributed by atoms with E-state index in [-0.39, 0.29) is 5.57 Å². The lowest BCUT2D eigenvalue weighted by Crippen LogP contribution is -2.08. The van der Waals surface area contributed by atoms with Crippen LogP contribution in [0.15, 0.2) is 97.1 Å². The molecule has 0 aliphatic heterocycles. The van der Waals surface area contributed by atoms with E-state index in [2.05, 4.69) is 13.2 Å². The highest BCUT2D eigenvalue weighted by Crippen LogP contribution is 2.38. The predicted molar refractivity (Wildman–Crippen MR) is 155 cm³/mol. The van der Waals surface area contributed by atoms with Gasteiger partial charge in [0, 0.05) is 28.3 Å². The number of carbonyl (C=O) groups excluding carboxylic acids is 3. The molecule has 0 fully saturated rings. The fourth-order valence-corrected chi connectivity index (χ4v) is 3.40. The summed E-state index contributed by atoms with van der Waals surface area (Å²) in [6.07, 6.45) is 6.59. The standard InChI is InChI=1S/C33H30O7/c1-7-8-31(34)40-30-19-25(12-9-23-10-15-26(16-11-23)38-32(35)21(2)3)29(37-6)20-28(30)24-13-17-27(18-14-24)39-33(36)22(4)5/h7-20H,2,4H2,1,3,5-6H3/b8-7+,12-9+. The van der Waals surface area contributed by atoms with E-state index in [9.17, 15) is 14.4 Å². The maximum atomic E-state index is 12.4. The third-order valence-electron chi connectivity index (χ3n) is 5.46. The molecule has 40 heavy (non-hydrogen) atoms. The normalized spacial score (nSPS) is 10.8. The van der Waals surface area contributed by atoms with E-state index in [0.717, 1.165) is 5.56 Å². The van der Waals surface area contributed by atoms with E-state index in [4.69, 9.17) is 18.9 Å². The summed E-state index contributed by atoms with van der Waals surface area (Å²) in [7, 11) is 1.55. The molecule has 0 atom stereocenters. The Balaban J connectivity index is 1.95. The molecule has 0 saturated carbocycles. The number of hydrogen-bond donors (Lipinski definition) is 0. The molecule has 0 aromatic heterocycles. The van der Waals surface area contributed by atoms with E-state index in [1.807, 2.05) is 12.2 Å². The smallest absolute Gasteiger partial charge is 0.338 e. The van der Waals surface area contributed by atoms with Crippen molar-refractivity contribution in [2.45, 2.75) is 20.8 Å². The average molecular weight is 539 g/mol. The van der Waals surface area contributed by atoms with Crippen LogP contribution < -0.4 is 18.9 Å². The molecular formula is C33H30O7. The second kappa shape index (κ2) is 13.6. The molecule has 0 heterocycles. The minimum atomic E-state index is -0.532. The molecule has 3 rings (SSSR count). The van der Waals surface area contributed by atoms with Crippen molar-refractivity contribution in [1.29, 1.82) is 0 Å². The van der Waals surface area contributed by atoms with Crippen LogP contribution in [0.25, 0.3) is 23.3 Å². The number of ether oxygens (including phenoxy) is 4. The summed E-state index contributed by atoms with van der Waals surface area (Å²) in [6.45, 7) is 12.0. The van der Waals surface area contributed by atoms with Crippen molar-refractivity contribution < 1.29 is 33.3 Å². The van der Waals surface area contributed by atoms with Crippen molar-refractivity contribution in [1.82, 2.24) is 0 Å². The van der Waals surface area contributed by atoms with Crippen molar-refractivity contribution in [3.63, 3.8) is 0 Å². The largest absolute Gasteiger partial charge is 0.496 e. The number of methoxy groups -OCH3 is 1. The maximum absolute atomic E-state index is 12.4. The zero-order chi connectivity index (χ0) is 29.2.